The summed E-state index contributed by atoms with van der Waals surface area (Å²) in [6.45, 7) is 1.59. The van der Waals surface area contributed by atoms with Gasteiger partial charge in [0.15, 0.2) is 0 Å². The third-order valence-corrected chi connectivity index (χ3v) is 8.74. The quantitative estimate of drug-likeness (QED) is 0.605. The van der Waals surface area contributed by atoms with Crippen LogP contribution < -0.4 is 19.5 Å². The largest absolute Gasteiger partial charge is 0.496 e. The number of benzene rings is 1. The van der Waals surface area contributed by atoms with Crippen molar-refractivity contribution in [3.05, 3.63) is 23.8 Å². The molecular formula is C28H38N2O5. The van der Waals surface area contributed by atoms with Crippen LogP contribution in [0.15, 0.2) is 18.2 Å². The van der Waals surface area contributed by atoms with Gasteiger partial charge in [0.2, 0.25) is 11.8 Å². The van der Waals surface area contributed by atoms with E-state index in [0.717, 1.165) is 48.2 Å². The molecule has 4 bridgehead atoms. The van der Waals surface area contributed by atoms with Crippen molar-refractivity contribution in [2.75, 3.05) is 41.0 Å². The molecule has 1 N–H and O–H groups in total. The summed E-state index contributed by atoms with van der Waals surface area (Å²) < 4.78 is 16.5. The Morgan fingerprint density at radius 1 is 0.971 bits per heavy atom. The number of nitrogens with one attached hydrogen (secondary N) is 1. The Labute approximate surface area is 208 Å². The zero-order chi connectivity index (χ0) is 24.6. The summed E-state index contributed by atoms with van der Waals surface area (Å²) in [5.74, 6) is 4.57. The molecule has 4 fully saturated rings. The highest BCUT2D eigenvalue weighted by Crippen LogP contribution is 2.60. The van der Waals surface area contributed by atoms with Gasteiger partial charge in [-0.15, -0.1) is 0 Å². The molecule has 35 heavy (non-hydrogen) atoms. The first kappa shape index (κ1) is 24.0. The summed E-state index contributed by atoms with van der Waals surface area (Å²) in [4.78, 5) is 27.9. The van der Waals surface area contributed by atoms with E-state index >= 15 is 0 Å². The molecule has 7 nitrogen and oxygen atoms in total. The van der Waals surface area contributed by atoms with Gasteiger partial charge in [-0.05, 0) is 68.3 Å². The molecule has 0 saturated heterocycles. The molecule has 0 aromatic heterocycles. The first-order chi connectivity index (χ1) is 16.9. The van der Waals surface area contributed by atoms with E-state index in [1.54, 1.807) is 21.3 Å². The number of hydrogen-bond donors (Lipinski definition) is 1. The molecule has 4 aliphatic carbocycles. The van der Waals surface area contributed by atoms with E-state index in [2.05, 4.69) is 11.4 Å². The molecule has 0 unspecified atom stereocenters. The van der Waals surface area contributed by atoms with E-state index in [4.69, 9.17) is 14.2 Å². The van der Waals surface area contributed by atoms with Gasteiger partial charge < -0.3 is 24.4 Å². The summed E-state index contributed by atoms with van der Waals surface area (Å²) in [5.41, 5.74) is 1.85. The molecule has 5 aliphatic rings. The van der Waals surface area contributed by atoms with Gasteiger partial charge in [-0.2, -0.15) is 0 Å². The van der Waals surface area contributed by atoms with Crippen molar-refractivity contribution in [1.82, 2.24) is 10.2 Å². The van der Waals surface area contributed by atoms with Gasteiger partial charge in [0.25, 0.3) is 0 Å². The molecule has 1 heterocycles. The van der Waals surface area contributed by atoms with Crippen molar-refractivity contribution >= 4 is 17.4 Å². The van der Waals surface area contributed by atoms with Crippen LogP contribution in [-0.2, 0) is 9.59 Å². The smallest absolute Gasteiger partial charge is 0.226 e. The zero-order valence-corrected chi connectivity index (χ0v) is 21.2. The van der Waals surface area contributed by atoms with Crippen LogP contribution in [-0.4, -0.2) is 57.7 Å². The summed E-state index contributed by atoms with van der Waals surface area (Å²) >= 11 is 0. The van der Waals surface area contributed by atoms with Gasteiger partial charge in [-0.1, -0.05) is 6.08 Å². The fraction of sp³-hybridized carbons (Fsp3) is 0.643. The predicted molar refractivity (Wildman–Crippen MR) is 134 cm³/mol. The Morgan fingerprint density at radius 3 is 2.06 bits per heavy atom. The van der Waals surface area contributed by atoms with E-state index in [-0.39, 0.29) is 17.2 Å². The lowest BCUT2D eigenvalue weighted by Gasteiger charge is -2.55. The van der Waals surface area contributed by atoms with Gasteiger partial charge >= 0.3 is 0 Å². The molecule has 190 valence electrons. The highest BCUT2D eigenvalue weighted by atomic mass is 16.5. The second kappa shape index (κ2) is 9.75. The maximum absolute atomic E-state index is 13.1. The molecule has 0 radical (unpaired) electrons. The van der Waals surface area contributed by atoms with Crippen LogP contribution in [0.3, 0.4) is 0 Å². The summed E-state index contributed by atoms with van der Waals surface area (Å²) in [6.07, 6.45) is 10.3. The van der Waals surface area contributed by atoms with E-state index in [1.807, 2.05) is 17.0 Å². The van der Waals surface area contributed by atoms with Gasteiger partial charge in [0, 0.05) is 43.6 Å². The summed E-state index contributed by atoms with van der Waals surface area (Å²) in [6, 6.07) is 3.70. The Bertz CT molecular complexity index is 956. The van der Waals surface area contributed by atoms with Crippen molar-refractivity contribution in [2.24, 2.45) is 23.2 Å². The van der Waals surface area contributed by atoms with Crippen molar-refractivity contribution in [1.29, 1.82) is 0 Å². The third kappa shape index (κ3) is 4.62. The molecule has 1 aromatic rings. The maximum atomic E-state index is 13.1. The Hall–Kier alpha value is -2.70. The van der Waals surface area contributed by atoms with Crippen molar-refractivity contribution in [3.63, 3.8) is 0 Å². The minimum Gasteiger partial charge on any atom is -0.496 e. The molecular weight excluding hydrogens is 444 g/mol. The predicted octanol–water partition coefficient (Wildman–Crippen LogP) is 4.05. The van der Waals surface area contributed by atoms with E-state index in [9.17, 15) is 9.59 Å². The lowest BCUT2D eigenvalue weighted by atomic mass is 9.49. The van der Waals surface area contributed by atoms with Crippen LogP contribution in [0.25, 0.3) is 5.57 Å². The van der Waals surface area contributed by atoms with Crippen LogP contribution in [0.1, 0.15) is 56.9 Å². The third-order valence-electron chi connectivity index (χ3n) is 8.74. The lowest BCUT2D eigenvalue weighted by Crippen LogP contribution is -2.53. The van der Waals surface area contributed by atoms with Crippen molar-refractivity contribution < 1.29 is 23.8 Å². The lowest BCUT2D eigenvalue weighted by molar-refractivity contribution is -0.146. The standard InChI is InChI=1S/C28H38N2O5/c1-33-22-13-23(34-2)26(24(14-22)35-3)21-5-8-30(9-6-21)25(31)4-7-29-27(32)28-15-18-10-19(16-28)12-20(11-18)17-28/h5,13-14,18-20H,4,6-12,15-17H2,1-3H3,(H,29,32). The van der Waals surface area contributed by atoms with Gasteiger partial charge in [0.05, 0.1) is 26.9 Å². The fourth-order valence-corrected chi connectivity index (χ4v) is 7.46. The number of carbonyl (C=O) groups is 2. The first-order valence-electron chi connectivity index (χ1n) is 13.0. The minimum absolute atomic E-state index is 0.0831. The zero-order valence-electron chi connectivity index (χ0n) is 21.2. The minimum atomic E-state index is -0.156. The Balaban J connectivity index is 1.16. The maximum Gasteiger partial charge on any atom is 0.226 e. The molecule has 0 atom stereocenters. The molecule has 0 spiro atoms. The molecule has 4 saturated carbocycles. The number of rotatable bonds is 8. The fourth-order valence-electron chi connectivity index (χ4n) is 7.46. The molecule has 7 heteroatoms. The second-order valence-corrected chi connectivity index (χ2v) is 10.9. The number of carbonyl (C=O) groups excluding carboxylic acids is 2. The normalized spacial score (nSPS) is 28.9. The SMILES string of the molecule is COc1cc(OC)c(C2=CCN(C(=O)CCNC(=O)C34CC5CC(CC(C5)C3)C4)CC2)c(OC)c1. The Morgan fingerprint density at radius 2 is 1.57 bits per heavy atom. The topological polar surface area (TPSA) is 77.1 Å². The van der Waals surface area contributed by atoms with E-state index in [1.165, 1.54) is 19.3 Å². The summed E-state index contributed by atoms with van der Waals surface area (Å²) in [7, 11) is 4.88. The highest BCUT2D eigenvalue weighted by molar-refractivity contribution is 5.84. The van der Waals surface area contributed by atoms with Gasteiger partial charge in [-0.3, -0.25) is 9.59 Å². The van der Waals surface area contributed by atoms with Crippen LogP contribution in [0.2, 0.25) is 0 Å². The average molecular weight is 483 g/mol. The summed E-state index contributed by atoms with van der Waals surface area (Å²) in [5, 5.41) is 3.14. The van der Waals surface area contributed by atoms with E-state index in [0.29, 0.717) is 49.7 Å². The molecule has 2 amide bonds. The number of hydrogen-bond acceptors (Lipinski definition) is 5. The van der Waals surface area contributed by atoms with Gasteiger partial charge in [0.1, 0.15) is 17.2 Å². The first-order valence-corrected chi connectivity index (χ1v) is 13.0. The highest BCUT2D eigenvalue weighted by Gasteiger charge is 2.54. The number of nitrogens with zero attached hydrogens (tertiary/aromatic N) is 1. The van der Waals surface area contributed by atoms with Crippen LogP contribution in [0, 0.1) is 23.2 Å². The number of amides is 2. The molecule has 1 aliphatic heterocycles. The monoisotopic (exact) mass is 482 g/mol. The van der Waals surface area contributed by atoms with Gasteiger partial charge in [-0.25, -0.2) is 0 Å². The van der Waals surface area contributed by atoms with E-state index < -0.39 is 0 Å². The number of ether oxygens (including phenoxy) is 3. The Kier molecular flexibility index (Phi) is 6.69. The second-order valence-electron chi connectivity index (χ2n) is 10.9. The van der Waals surface area contributed by atoms with Crippen LogP contribution >= 0.6 is 0 Å². The van der Waals surface area contributed by atoms with Crippen LogP contribution in [0.5, 0.6) is 17.2 Å². The molecule has 6 rings (SSSR count). The molecule has 1 aromatic carbocycles. The van der Waals surface area contributed by atoms with Crippen molar-refractivity contribution in [2.45, 2.75) is 51.4 Å². The van der Waals surface area contributed by atoms with Crippen LogP contribution in [0.4, 0.5) is 0 Å². The number of methoxy groups -OCH3 is 3. The average Bonchev–Trinajstić information content (AvgIpc) is 2.87. The van der Waals surface area contributed by atoms with Crippen molar-refractivity contribution in [3.8, 4) is 17.2 Å².